The molecule has 0 saturated carbocycles. The summed E-state index contributed by atoms with van der Waals surface area (Å²) < 4.78 is 13.8. The van der Waals surface area contributed by atoms with Crippen molar-refractivity contribution in [2.75, 3.05) is 12.7 Å². The minimum absolute atomic E-state index is 0.122. The molecule has 0 aromatic heterocycles. The van der Waals surface area contributed by atoms with Gasteiger partial charge in [0.05, 0.1) is 0 Å². The van der Waals surface area contributed by atoms with Crippen LogP contribution in [0.15, 0.2) is 60.7 Å². The number of amides is 2. The summed E-state index contributed by atoms with van der Waals surface area (Å²) in [7, 11) is -2.64. The van der Waals surface area contributed by atoms with E-state index in [-0.39, 0.29) is 12.1 Å². The quantitative estimate of drug-likeness (QED) is 0.561. The Morgan fingerprint density at radius 3 is 1.92 bits per heavy atom. The molecule has 0 aliphatic heterocycles. The van der Waals surface area contributed by atoms with E-state index in [1.165, 1.54) is 0 Å². The van der Waals surface area contributed by atoms with Crippen molar-refractivity contribution in [3.63, 3.8) is 0 Å². The van der Waals surface area contributed by atoms with Gasteiger partial charge in [0.25, 0.3) is 0 Å². The standard InChI is InChI=1S/C20H27N2O2P/c1-17(2)22-20(23)21-15-9-10-16-25(24,18-11-5-3-6-12-18)19-13-7-4-8-14-19/h3-8,11-14,17H,9-10,15-16H2,1-2H3,(H2,21,22,23). The topological polar surface area (TPSA) is 58.2 Å². The van der Waals surface area contributed by atoms with Crippen LogP contribution in [0.2, 0.25) is 0 Å². The van der Waals surface area contributed by atoms with Crippen LogP contribution in [0.1, 0.15) is 26.7 Å². The van der Waals surface area contributed by atoms with E-state index in [1.807, 2.05) is 74.5 Å². The molecule has 0 saturated heterocycles. The van der Waals surface area contributed by atoms with Gasteiger partial charge in [0.15, 0.2) is 0 Å². The zero-order chi connectivity index (χ0) is 18.1. The average Bonchev–Trinajstić information content (AvgIpc) is 2.62. The Hall–Kier alpha value is -2.06. The molecule has 2 amide bonds. The molecule has 2 aromatic rings. The molecule has 134 valence electrons. The van der Waals surface area contributed by atoms with Gasteiger partial charge >= 0.3 is 6.03 Å². The van der Waals surface area contributed by atoms with E-state index in [0.29, 0.717) is 12.7 Å². The monoisotopic (exact) mass is 358 g/mol. The van der Waals surface area contributed by atoms with Gasteiger partial charge in [-0.05, 0) is 26.7 Å². The van der Waals surface area contributed by atoms with Gasteiger partial charge in [0.1, 0.15) is 7.14 Å². The zero-order valence-electron chi connectivity index (χ0n) is 14.9. The maximum atomic E-state index is 13.8. The third-order valence-electron chi connectivity index (χ3n) is 3.95. The Kier molecular flexibility index (Phi) is 7.27. The molecule has 0 heterocycles. The first-order valence-corrected chi connectivity index (χ1v) is 10.7. The van der Waals surface area contributed by atoms with Crippen molar-refractivity contribution in [3.8, 4) is 0 Å². The minimum atomic E-state index is -2.64. The summed E-state index contributed by atoms with van der Waals surface area (Å²) in [4.78, 5) is 11.6. The summed E-state index contributed by atoms with van der Waals surface area (Å²) in [5.41, 5.74) is 0. The lowest BCUT2D eigenvalue weighted by molar-refractivity contribution is 0.238. The number of urea groups is 1. The SMILES string of the molecule is CC(C)NC(=O)NCCCCP(=O)(c1ccccc1)c1ccccc1. The minimum Gasteiger partial charge on any atom is -0.338 e. The van der Waals surface area contributed by atoms with Gasteiger partial charge < -0.3 is 15.2 Å². The molecule has 0 atom stereocenters. The molecule has 2 rings (SSSR count). The predicted molar refractivity (Wildman–Crippen MR) is 106 cm³/mol. The Morgan fingerprint density at radius 1 is 0.920 bits per heavy atom. The highest BCUT2D eigenvalue weighted by atomic mass is 31.2. The third kappa shape index (κ3) is 5.75. The van der Waals surface area contributed by atoms with Gasteiger partial charge in [-0.2, -0.15) is 0 Å². The van der Waals surface area contributed by atoms with Crippen molar-refractivity contribution in [3.05, 3.63) is 60.7 Å². The van der Waals surface area contributed by atoms with E-state index >= 15 is 0 Å². The first-order chi connectivity index (χ1) is 12.0. The molecular weight excluding hydrogens is 331 g/mol. The van der Waals surface area contributed by atoms with Crippen molar-refractivity contribution >= 4 is 23.8 Å². The molecule has 0 fully saturated rings. The first-order valence-electron chi connectivity index (χ1n) is 8.77. The summed E-state index contributed by atoms with van der Waals surface area (Å²) in [6, 6.07) is 19.4. The molecule has 0 bridgehead atoms. The second-order valence-corrected chi connectivity index (χ2v) is 9.36. The van der Waals surface area contributed by atoms with Gasteiger partial charge in [-0.3, -0.25) is 0 Å². The van der Waals surface area contributed by atoms with Crippen molar-refractivity contribution in [2.45, 2.75) is 32.7 Å². The van der Waals surface area contributed by atoms with Crippen LogP contribution in [-0.4, -0.2) is 24.8 Å². The van der Waals surface area contributed by atoms with E-state index in [9.17, 15) is 9.36 Å². The molecule has 2 aromatic carbocycles. The number of nitrogens with one attached hydrogen (secondary N) is 2. The number of rotatable bonds is 8. The lowest BCUT2D eigenvalue weighted by Gasteiger charge is -2.19. The summed E-state index contributed by atoms with van der Waals surface area (Å²) in [5, 5.41) is 7.43. The number of hydrogen-bond acceptors (Lipinski definition) is 2. The highest BCUT2D eigenvalue weighted by molar-refractivity contribution is 7.78. The van der Waals surface area contributed by atoms with Crippen LogP contribution in [0, 0.1) is 0 Å². The molecule has 25 heavy (non-hydrogen) atoms. The molecule has 0 spiro atoms. The number of hydrogen-bond donors (Lipinski definition) is 2. The highest BCUT2D eigenvalue weighted by Gasteiger charge is 2.26. The number of carbonyl (C=O) groups excluding carboxylic acids is 1. The average molecular weight is 358 g/mol. The molecule has 2 N–H and O–H groups in total. The molecule has 0 aliphatic carbocycles. The van der Waals surface area contributed by atoms with Gasteiger partial charge in [0, 0.05) is 29.4 Å². The van der Waals surface area contributed by atoms with Crippen LogP contribution >= 0.6 is 7.14 Å². The lowest BCUT2D eigenvalue weighted by Crippen LogP contribution is -2.39. The van der Waals surface area contributed by atoms with Crippen LogP contribution < -0.4 is 21.2 Å². The third-order valence-corrected chi connectivity index (χ3v) is 7.16. The van der Waals surface area contributed by atoms with Crippen LogP contribution in [0.3, 0.4) is 0 Å². The maximum Gasteiger partial charge on any atom is 0.314 e. The highest BCUT2D eigenvalue weighted by Crippen LogP contribution is 2.44. The normalized spacial score (nSPS) is 11.3. The zero-order valence-corrected chi connectivity index (χ0v) is 15.8. The maximum absolute atomic E-state index is 13.8. The fourth-order valence-corrected chi connectivity index (χ4v) is 5.51. The van der Waals surface area contributed by atoms with Gasteiger partial charge in [-0.1, -0.05) is 60.7 Å². The molecule has 0 radical (unpaired) electrons. The summed E-state index contributed by atoms with van der Waals surface area (Å²) >= 11 is 0. The van der Waals surface area contributed by atoms with Gasteiger partial charge in [-0.25, -0.2) is 4.79 Å². The second-order valence-electron chi connectivity index (χ2n) is 6.40. The van der Waals surface area contributed by atoms with Crippen molar-refractivity contribution in [2.24, 2.45) is 0 Å². The van der Waals surface area contributed by atoms with E-state index in [1.54, 1.807) is 0 Å². The second kappa shape index (κ2) is 9.43. The number of unbranched alkanes of at least 4 members (excludes halogenated alkanes) is 1. The van der Waals surface area contributed by atoms with Crippen molar-refractivity contribution in [1.82, 2.24) is 10.6 Å². The van der Waals surface area contributed by atoms with E-state index < -0.39 is 7.14 Å². The van der Waals surface area contributed by atoms with Crippen LogP contribution in [0.4, 0.5) is 4.79 Å². The van der Waals surface area contributed by atoms with Crippen LogP contribution in [-0.2, 0) is 4.57 Å². The smallest absolute Gasteiger partial charge is 0.314 e. The fourth-order valence-electron chi connectivity index (χ4n) is 2.72. The van der Waals surface area contributed by atoms with Crippen molar-refractivity contribution < 1.29 is 9.36 Å². The Bertz CT molecular complexity index is 659. The van der Waals surface area contributed by atoms with Crippen LogP contribution in [0.5, 0.6) is 0 Å². The summed E-state index contributed by atoms with van der Waals surface area (Å²) in [6.07, 6.45) is 2.20. The van der Waals surface area contributed by atoms with Crippen molar-refractivity contribution in [1.29, 1.82) is 0 Å². The molecule has 0 unspecified atom stereocenters. The van der Waals surface area contributed by atoms with Gasteiger partial charge in [-0.15, -0.1) is 0 Å². The number of carbonyl (C=O) groups is 1. The van der Waals surface area contributed by atoms with E-state index in [0.717, 1.165) is 23.5 Å². The number of benzene rings is 2. The lowest BCUT2D eigenvalue weighted by atomic mass is 10.3. The molecule has 0 aliphatic rings. The Morgan fingerprint density at radius 2 is 1.44 bits per heavy atom. The first kappa shape index (κ1) is 19.3. The molecule has 4 nitrogen and oxygen atoms in total. The fraction of sp³-hybridized carbons (Fsp3) is 0.350. The van der Waals surface area contributed by atoms with Crippen LogP contribution in [0.25, 0.3) is 0 Å². The van der Waals surface area contributed by atoms with E-state index in [2.05, 4.69) is 10.6 Å². The molecular formula is C20H27N2O2P. The van der Waals surface area contributed by atoms with E-state index in [4.69, 9.17) is 0 Å². The van der Waals surface area contributed by atoms with Gasteiger partial charge in [0.2, 0.25) is 0 Å². The summed E-state index contributed by atoms with van der Waals surface area (Å²) in [6.45, 7) is 4.44. The molecule has 5 heteroatoms. The predicted octanol–water partition coefficient (Wildman–Crippen LogP) is 3.49. The largest absolute Gasteiger partial charge is 0.338 e. The Labute approximate surface area is 150 Å². The summed E-state index contributed by atoms with van der Waals surface area (Å²) in [5.74, 6) is 0. The Balaban J connectivity index is 1.97.